The number of amides is 1. The lowest BCUT2D eigenvalue weighted by molar-refractivity contribution is 0.0602. The number of pyridine rings is 1. The summed E-state index contributed by atoms with van der Waals surface area (Å²) in [4.78, 5) is 21.6. The van der Waals surface area contributed by atoms with E-state index in [0.717, 1.165) is 37.9 Å². The minimum atomic E-state index is 0. The molecule has 7 heteroatoms. The third kappa shape index (κ3) is 4.99. The maximum absolute atomic E-state index is 12.7. The van der Waals surface area contributed by atoms with Crippen LogP contribution in [0.1, 0.15) is 44.0 Å². The lowest BCUT2D eigenvalue weighted by Crippen LogP contribution is -2.57. The smallest absolute Gasteiger partial charge is 0.255 e. The van der Waals surface area contributed by atoms with Crippen LogP contribution in [0.25, 0.3) is 0 Å². The van der Waals surface area contributed by atoms with Crippen molar-refractivity contribution in [1.82, 2.24) is 15.2 Å². The van der Waals surface area contributed by atoms with Gasteiger partial charge in [-0.3, -0.25) is 4.79 Å². The Morgan fingerprint density at radius 3 is 2.40 bits per heavy atom. The molecule has 142 valence electrons. The van der Waals surface area contributed by atoms with Crippen LogP contribution in [0.2, 0.25) is 0 Å². The highest BCUT2D eigenvalue weighted by atomic mass is 35.5. The number of hydrogen-bond acceptors (Lipinski definition) is 4. The first-order chi connectivity index (χ1) is 11.1. The number of carbonyl (C=O) groups is 1. The zero-order chi connectivity index (χ0) is 16.4. The van der Waals surface area contributed by atoms with Gasteiger partial charge in [0.15, 0.2) is 0 Å². The predicted molar refractivity (Wildman–Crippen MR) is 107 cm³/mol. The molecule has 3 heterocycles. The van der Waals surface area contributed by atoms with Crippen LogP contribution in [-0.4, -0.2) is 54.1 Å². The summed E-state index contributed by atoms with van der Waals surface area (Å²) >= 11 is 0. The molecule has 2 atom stereocenters. The second kappa shape index (κ2) is 9.60. The maximum Gasteiger partial charge on any atom is 0.255 e. The topological polar surface area (TPSA) is 48.5 Å². The van der Waals surface area contributed by atoms with Gasteiger partial charge in [-0.25, -0.2) is 4.98 Å². The third-order valence-corrected chi connectivity index (χ3v) is 5.40. The second-order valence-corrected chi connectivity index (χ2v) is 7.06. The molecule has 0 bridgehead atoms. The molecule has 3 rings (SSSR count). The molecule has 0 saturated carbocycles. The fourth-order valence-corrected chi connectivity index (χ4v) is 3.45. The van der Waals surface area contributed by atoms with E-state index in [1.807, 2.05) is 17.0 Å². The first kappa shape index (κ1) is 22.0. The largest absolute Gasteiger partial charge is 0.357 e. The second-order valence-electron chi connectivity index (χ2n) is 7.06. The molecular formula is C18H30Cl2N4O. The van der Waals surface area contributed by atoms with Gasteiger partial charge in [0.2, 0.25) is 0 Å². The van der Waals surface area contributed by atoms with Gasteiger partial charge in [0, 0.05) is 44.5 Å². The Balaban J connectivity index is 0.00000156. The van der Waals surface area contributed by atoms with Crippen LogP contribution in [-0.2, 0) is 0 Å². The average molecular weight is 389 g/mol. The monoisotopic (exact) mass is 388 g/mol. The van der Waals surface area contributed by atoms with Crippen molar-refractivity contribution in [1.29, 1.82) is 0 Å². The van der Waals surface area contributed by atoms with E-state index in [9.17, 15) is 4.79 Å². The summed E-state index contributed by atoms with van der Waals surface area (Å²) in [6, 6.07) is 4.47. The van der Waals surface area contributed by atoms with Gasteiger partial charge in [-0.1, -0.05) is 6.92 Å². The van der Waals surface area contributed by atoms with Crippen LogP contribution in [0.5, 0.6) is 0 Å². The number of aromatic nitrogens is 1. The highest BCUT2D eigenvalue weighted by Crippen LogP contribution is 2.22. The Labute approximate surface area is 163 Å². The minimum Gasteiger partial charge on any atom is -0.357 e. The van der Waals surface area contributed by atoms with Crippen molar-refractivity contribution in [2.75, 3.05) is 31.1 Å². The summed E-state index contributed by atoms with van der Waals surface area (Å²) in [6.07, 6.45) is 4.19. The van der Waals surface area contributed by atoms with Crippen LogP contribution in [0.15, 0.2) is 18.3 Å². The van der Waals surface area contributed by atoms with Crippen LogP contribution >= 0.6 is 24.8 Å². The van der Waals surface area contributed by atoms with Gasteiger partial charge in [0.05, 0.1) is 5.56 Å². The first-order valence-electron chi connectivity index (χ1n) is 8.81. The van der Waals surface area contributed by atoms with Crippen LogP contribution < -0.4 is 10.2 Å². The zero-order valence-corrected chi connectivity index (χ0v) is 16.9. The molecule has 0 radical (unpaired) electrons. The molecule has 1 N–H and O–H groups in total. The number of piperidine rings is 1. The van der Waals surface area contributed by atoms with Gasteiger partial charge in [-0.15, -0.1) is 24.8 Å². The fraction of sp³-hybridized carbons (Fsp3) is 0.667. The van der Waals surface area contributed by atoms with Crippen LogP contribution in [0.4, 0.5) is 5.82 Å². The molecule has 2 aliphatic heterocycles. The Bertz CT molecular complexity index is 547. The van der Waals surface area contributed by atoms with Crippen molar-refractivity contribution >= 4 is 36.5 Å². The standard InChI is InChI=1S/C18H28N4O.2ClH/c1-13-6-9-21(10-7-13)17-5-4-16(12-20-17)18(23)22-11-8-19-14(2)15(22)3;;/h4-5,12-15,19H,6-11H2,1-3H3;2*1H. The number of halogens is 2. The van der Waals surface area contributed by atoms with E-state index in [2.05, 4.69) is 36.0 Å². The zero-order valence-electron chi connectivity index (χ0n) is 15.3. The Hall–Kier alpha value is -1.04. The number of piperazine rings is 1. The highest BCUT2D eigenvalue weighted by Gasteiger charge is 2.29. The molecular weight excluding hydrogens is 359 g/mol. The summed E-state index contributed by atoms with van der Waals surface area (Å²) in [6.45, 7) is 10.3. The molecule has 5 nitrogen and oxygen atoms in total. The Morgan fingerprint density at radius 1 is 1.12 bits per heavy atom. The minimum absolute atomic E-state index is 0. The molecule has 2 saturated heterocycles. The van der Waals surface area contributed by atoms with Crippen molar-refractivity contribution in [3.05, 3.63) is 23.9 Å². The summed E-state index contributed by atoms with van der Waals surface area (Å²) in [5, 5.41) is 3.41. The van der Waals surface area contributed by atoms with Crippen molar-refractivity contribution in [3.8, 4) is 0 Å². The summed E-state index contributed by atoms with van der Waals surface area (Å²) in [5.74, 6) is 1.90. The van der Waals surface area contributed by atoms with E-state index in [1.54, 1.807) is 6.20 Å². The fourth-order valence-electron chi connectivity index (χ4n) is 3.45. The van der Waals surface area contributed by atoms with Gasteiger partial charge < -0.3 is 15.1 Å². The molecule has 0 spiro atoms. The SMILES string of the molecule is CC1CCN(c2ccc(C(=O)N3CCNC(C)C3C)cn2)CC1.Cl.Cl. The maximum atomic E-state index is 12.7. The van der Waals surface area contributed by atoms with Gasteiger partial charge in [0.25, 0.3) is 5.91 Å². The average Bonchev–Trinajstić information content (AvgIpc) is 2.58. The number of nitrogens with one attached hydrogen (secondary N) is 1. The van der Waals surface area contributed by atoms with Crippen molar-refractivity contribution in [3.63, 3.8) is 0 Å². The number of hydrogen-bond donors (Lipinski definition) is 1. The van der Waals surface area contributed by atoms with E-state index in [4.69, 9.17) is 0 Å². The molecule has 1 aromatic rings. The number of carbonyl (C=O) groups excluding carboxylic acids is 1. The summed E-state index contributed by atoms with van der Waals surface area (Å²) < 4.78 is 0. The number of rotatable bonds is 2. The van der Waals surface area contributed by atoms with Crippen molar-refractivity contribution in [2.24, 2.45) is 5.92 Å². The van der Waals surface area contributed by atoms with E-state index in [1.165, 1.54) is 12.8 Å². The molecule has 0 aliphatic carbocycles. The predicted octanol–water partition coefficient (Wildman–Crippen LogP) is 2.98. The summed E-state index contributed by atoms with van der Waals surface area (Å²) in [7, 11) is 0. The normalized spacial score (nSPS) is 24.3. The molecule has 25 heavy (non-hydrogen) atoms. The van der Waals surface area contributed by atoms with Gasteiger partial charge in [-0.05, 0) is 44.7 Å². The Kier molecular flexibility index (Phi) is 8.45. The van der Waals surface area contributed by atoms with Gasteiger partial charge in [0.1, 0.15) is 5.82 Å². The van der Waals surface area contributed by atoms with Gasteiger partial charge in [-0.2, -0.15) is 0 Å². The Morgan fingerprint density at radius 2 is 1.80 bits per heavy atom. The molecule has 1 aromatic heterocycles. The van der Waals surface area contributed by atoms with Crippen LogP contribution in [0, 0.1) is 5.92 Å². The molecule has 2 aliphatic rings. The summed E-state index contributed by atoms with van der Waals surface area (Å²) in [5.41, 5.74) is 0.695. The first-order valence-corrected chi connectivity index (χ1v) is 8.81. The van der Waals surface area contributed by atoms with Crippen molar-refractivity contribution in [2.45, 2.75) is 45.7 Å². The quantitative estimate of drug-likeness (QED) is 0.845. The van der Waals surface area contributed by atoms with Gasteiger partial charge >= 0.3 is 0 Å². The van der Waals surface area contributed by atoms with Crippen molar-refractivity contribution < 1.29 is 4.79 Å². The third-order valence-electron chi connectivity index (χ3n) is 5.40. The molecule has 2 unspecified atom stereocenters. The van der Waals surface area contributed by atoms with E-state index < -0.39 is 0 Å². The van der Waals surface area contributed by atoms with E-state index >= 15 is 0 Å². The van der Waals surface area contributed by atoms with Crippen LogP contribution in [0.3, 0.4) is 0 Å². The highest BCUT2D eigenvalue weighted by molar-refractivity contribution is 5.94. The van der Waals surface area contributed by atoms with E-state index in [0.29, 0.717) is 11.6 Å². The van der Waals surface area contributed by atoms with E-state index in [-0.39, 0.29) is 36.8 Å². The molecule has 2 fully saturated rings. The lowest BCUT2D eigenvalue weighted by Gasteiger charge is -2.38. The number of nitrogens with zero attached hydrogens (tertiary/aromatic N) is 3. The molecule has 1 amide bonds. The number of anilines is 1. The lowest BCUT2D eigenvalue weighted by atomic mass is 9.99. The molecule has 0 aromatic carbocycles.